The zero-order valence-electron chi connectivity index (χ0n) is 18.2. The lowest BCUT2D eigenvalue weighted by atomic mass is 9.85. The summed E-state index contributed by atoms with van der Waals surface area (Å²) in [5, 5.41) is 5.26. The van der Waals surface area contributed by atoms with E-state index in [4.69, 9.17) is 27.9 Å². The predicted octanol–water partition coefficient (Wildman–Crippen LogP) is 8.84. The van der Waals surface area contributed by atoms with Crippen LogP contribution in [0.25, 0.3) is 43.8 Å². The molecule has 0 N–H and O–H groups in total. The monoisotopic (exact) mass is 470 g/mol. The van der Waals surface area contributed by atoms with Crippen LogP contribution in [-0.4, -0.2) is 12.9 Å². The SMILES string of the molecule is COc1ccc(-c2c3cccc(Cl)c3c(-c3ccc(C(C)=O)cc3)c3cccc(Cl)c23)cc1. The van der Waals surface area contributed by atoms with Gasteiger partial charge in [0.1, 0.15) is 5.75 Å². The topological polar surface area (TPSA) is 26.3 Å². The minimum Gasteiger partial charge on any atom is -0.497 e. The Hall–Kier alpha value is -3.33. The third-order valence-electron chi connectivity index (χ3n) is 6.02. The number of carbonyl (C=O) groups is 1. The summed E-state index contributed by atoms with van der Waals surface area (Å²) in [5.41, 5.74) is 4.71. The first kappa shape index (κ1) is 21.5. The van der Waals surface area contributed by atoms with Crippen LogP contribution in [0.15, 0.2) is 84.9 Å². The van der Waals surface area contributed by atoms with Gasteiger partial charge in [-0.05, 0) is 64.2 Å². The van der Waals surface area contributed by atoms with Crippen molar-refractivity contribution in [3.05, 3.63) is 101 Å². The second-order valence-corrected chi connectivity index (χ2v) is 8.75. The van der Waals surface area contributed by atoms with Crippen molar-refractivity contribution in [2.24, 2.45) is 0 Å². The summed E-state index contributed by atoms with van der Waals surface area (Å²) in [5.74, 6) is 0.825. The van der Waals surface area contributed by atoms with Crippen molar-refractivity contribution >= 4 is 50.5 Å². The Morgan fingerprint density at radius 1 is 0.667 bits per heavy atom. The van der Waals surface area contributed by atoms with Gasteiger partial charge in [-0.25, -0.2) is 0 Å². The molecule has 0 saturated carbocycles. The molecule has 0 aromatic heterocycles. The van der Waals surface area contributed by atoms with Crippen LogP contribution in [0, 0.1) is 0 Å². The van der Waals surface area contributed by atoms with Gasteiger partial charge in [0.25, 0.3) is 0 Å². The number of halogens is 2. The number of methoxy groups -OCH3 is 1. The van der Waals surface area contributed by atoms with E-state index in [-0.39, 0.29) is 5.78 Å². The van der Waals surface area contributed by atoms with Crippen molar-refractivity contribution in [3.8, 4) is 28.0 Å². The van der Waals surface area contributed by atoms with Crippen LogP contribution in [-0.2, 0) is 0 Å². The molecule has 4 heteroatoms. The summed E-state index contributed by atoms with van der Waals surface area (Å²) in [6.07, 6.45) is 0. The van der Waals surface area contributed by atoms with Gasteiger partial charge >= 0.3 is 0 Å². The van der Waals surface area contributed by atoms with E-state index in [0.717, 1.165) is 49.5 Å². The number of benzene rings is 5. The first-order chi connectivity index (χ1) is 16.0. The van der Waals surface area contributed by atoms with Crippen LogP contribution in [0.3, 0.4) is 0 Å². The number of ketones is 1. The third-order valence-corrected chi connectivity index (χ3v) is 6.65. The number of Topliss-reactive ketones (excluding diaryl/α,β-unsaturated/α-hetero) is 1. The van der Waals surface area contributed by atoms with Crippen molar-refractivity contribution in [3.63, 3.8) is 0 Å². The van der Waals surface area contributed by atoms with Crippen LogP contribution in [0.1, 0.15) is 17.3 Å². The summed E-state index contributed by atoms with van der Waals surface area (Å²) >= 11 is 13.7. The Labute approximate surface area is 202 Å². The van der Waals surface area contributed by atoms with Crippen molar-refractivity contribution in [1.82, 2.24) is 0 Å². The zero-order valence-corrected chi connectivity index (χ0v) is 19.7. The van der Waals surface area contributed by atoms with E-state index in [1.165, 1.54) is 0 Å². The Bertz CT molecular complexity index is 1520. The van der Waals surface area contributed by atoms with Crippen molar-refractivity contribution in [1.29, 1.82) is 0 Å². The van der Waals surface area contributed by atoms with E-state index in [0.29, 0.717) is 15.6 Å². The normalized spacial score (nSPS) is 11.2. The molecule has 0 aliphatic carbocycles. The zero-order chi connectivity index (χ0) is 23.1. The largest absolute Gasteiger partial charge is 0.497 e. The van der Waals surface area contributed by atoms with E-state index in [2.05, 4.69) is 12.1 Å². The molecule has 0 amide bonds. The minimum atomic E-state index is 0.0344. The van der Waals surface area contributed by atoms with Gasteiger partial charge in [-0.3, -0.25) is 4.79 Å². The molecule has 0 radical (unpaired) electrons. The highest BCUT2D eigenvalue weighted by Crippen LogP contribution is 2.47. The number of hydrogen-bond acceptors (Lipinski definition) is 2. The maximum atomic E-state index is 11.8. The summed E-state index contributed by atoms with van der Waals surface area (Å²) in [7, 11) is 1.66. The Morgan fingerprint density at radius 2 is 1.12 bits per heavy atom. The van der Waals surface area contributed by atoms with Crippen molar-refractivity contribution in [2.45, 2.75) is 6.92 Å². The third kappa shape index (κ3) is 3.66. The number of hydrogen-bond donors (Lipinski definition) is 0. The van der Waals surface area contributed by atoms with Gasteiger partial charge in [-0.15, -0.1) is 0 Å². The number of ether oxygens (including phenoxy) is 1. The van der Waals surface area contributed by atoms with Gasteiger partial charge in [0.15, 0.2) is 5.78 Å². The molecule has 33 heavy (non-hydrogen) atoms. The molecule has 162 valence electrons. The molecule has 5 rings (SSSR count). The van der Waals surface area contributed by atoms with Crippen LogP contribution in [0.5, 0.6) is 5.75 Å². The number of carbonyl (C=O) groups excluding carboxylic acids is 1. The Kier molecular flexibility index (Phi) is 5.57. The second kappa shape index (κ2) is 8.55. The predicted molar refractivity (Wildman–Crippen MR) is 139 cm³/mol. The van der Waals surface area contributed by atoms with Gasteiger partial charge in [-0.1, -0.05) is 83.9 Å². The molecule has 0 saturated heterocycles. The average molecular weight is 471 g/mol. The molecular weight excluding hydrogens is 451 g/mol. The van der Waals surface area contributed by atoms with Gasteiger partial charge in [0.05, 0.1) is 7.11 Å². The lowest BCUT2D eigenvalue weighted by Crippen LogP contribution is -1.94. The van der Waals surface area contributed by atoms with E-state index in [1.54, 1.807) is 14.0 Å². The maximum Gasteiger partial charge on any atom is 0.159 e. The highest BCUT2D eigenvalue weighted by atomic mass is 35.5. The molecule has 0 spiro atoms. The lowest BCUT2D eigenvalue weighted by molar-refractivity contribution is 0.101. The molecular formula is C29H20Cl2O2. The number of fused-ring (bicyclic) bond motifs is 2. The molecule has 0 aliphatic heterocycles. The molecule has 5 aromatic carbocycles. The molecule has 0 fully saturated rings. The van der Waals surface area contributed by atoms with E-state index in [1.807, 2.05) is 72.8 Å². The smallest absolute Gasteiger partial charge is 0.159 e. The fourth-order valence-electron chi connectivity index (χ4n) is 4.47. The van der Waals surface area contributed by atoms with Crippen LogP contribution in [0.2, 0.25) is 10.0 Å². The van der Waals surface area contributed by atoms with Gasteiger partial charge in [-0.2, -0.15) is 0 Å². The fourth-order valence-corrected chi connectivity index (χ4v) is 5.01. The standard InChI is InChI=1S/C29H20Cl2O2/c1-17(32)18-9-11-19(12-10-18)26-22-5-3-8-25(31)29(22)27(20-13-15-21(33-2)16-14-20)23-6-4-7-24(30)28(23)26/h3-16H,1-2H3. The average Bonchev–Trinajstić information content (AvgIpc) is 2.83. The molecule has 0 unspecified atom stereocenters. The maximum absolute atomic E-state index is 11.8. The molecule has 0 bridgehead atoms. The van der Waals surface area contributed by atoms with Crippen LogP contribution in [0.4, 0.5) is 0 Å². The summed E-state index contributed by atoms with van der Waals surface area (Å²) < 4.78 is 5.36. The fraction of sp³-hybridized carbons (Fsp3) is 0.0690. The molecule has 0 atom stereocenters. The van der Waals surface area contributed by atoms with Crippen LogP contribution < -0.4 is 4.74 Å². The summed E-state index contributed by atoms with van der Waals surface area (Å²) in [6.45, 7) is 1.57. The van der Waals surface area contributed by atoms with Gasteiger partial charge in [0.2, 0.25) is 0 Å². The van der Waals surface area contributed by atoms with E-state index in [9.17, 15) is 4.79 Å². The highest BCUT2D eigenvalue weighted by Gasteiger charge is 2.20. The van der Waals surface area contributed by atoms with Crippen LogP contribution >= 0.6 is 23.2 Å². The Morgan fingerprint density at radius 3 is 1.55 bits per heavy atom. The first-order valence-corrected chi connectivity index (χ1v) is 11.3. The molecule has 0 aliphatic rings. The van der Waals surface area contributed by atoms with E-state index < -0.39 is 0 Å². The summed E-state index contributed by atoms with van der Waals surface area (Å²) in [6, 6.07) is 27.5. The minimum absolute atomic E-state index is 0.0344. The first-order valence-electron chi connectivity index (χ1n) is 10.6. The van der Waals surface area contributed by atoms with E-state index >= 15 is 0 Å². The van der Waals surface area contributed by atoms with Gasteiger partial charge < -0.3 is 4.74 Å². The molecule has 2 nitrogen and oxygen atoms in total. The quantitative estimate of drug-likeness (QED) is 0.193. The van der Waals surface area contributed by atoms with Gasteiger partial charge in [0, 0.05) is 26.4 Å². The second-order valence-electron chi connectivity index (χ2n) is 7.94. The number of rotatable bonds is 4. The Balaban J connectivity index is 1.95. The summed E-state index contributed by atoms with van der Waals surface area (Å²) in [4.78, 5) is 11.8. The lowest BCUT2D eigenvalue weighted by Gasteiger charge is -2.19. The van der Waals surface area contributed by atoms with Crippen molar-refractivity contribution in [2.75, 3.05) is 7.11 Å². The molecule has 0 heterocycles. The van der Waals surface area contributed by atoms with Crippen molar-refractivity contribution < 1.29 is 9.53 Å². The highest BCUT2D eigenvalue weighted by molar-refractivity contribution is 6.42. The molecule has 5 aromatic rings.